The predicted octanol–water partition coefficient (Wildman–Crippen LogP) is 5.34. The molecule has 0 saturated carbocycles. The van der Waals surface area contributed by atoms with Gasteiger partial charge in [0.05, 0.1) is 6.04 Å². The zero-order valence-electron chi connectivity index (χ0n) is 12.2. The molecule has 3 heteroatoms. The van der Waals surface area contributed by atoms with Crippen LogP contribution in [0.25, 0.3) is 0 Å². The molecular weight excluding hydrogens is 334 g/mol. The average Bonchev–Trinajstić information content (AvgIpc) is 2.35. The minimum Gasteiger partial charge on any atom is -0.309 e. The lowest BCUT2D eigenvalue weighted by molar-refractivity contribution is 0.686. The number of rotatable bonds is 3. The highest BCUT2D eigenvalue weighted by molar-refractivity contribution is 9.10. The Morgan fingerprint density at radius 3 is 2.20 bits per heavy atom. The Morgan fingerprint density at radius 2 is 1.60 bits per heavy atom. The van der Waals surface area contributed by atoms with Crippen molar-refractivity contribution in [3.05, 3.63) is 67.6 Å². The first-order valence-corrected chi connectivity index (χ1v) is 7.80. The van der Waals surface area contributed by atoms with Gasteiger partial charge in [-0.05, 0) is 73.8 Å². The summed E-state index contributed by atoms with van der Waals surface area (Å²) < 4.78 is 1.00. The quantitative estimate of drug-likeness (QED) is 0.786. The van der Waals surface area contributed by atoms with Crippen LogP contribution >= 0.6 is 27.5 Å². The monoisotopic (exact) mass is 351 g/mol. The highest BCUT2D eigenvalue weighted by Crippen LogP contribution is 2.30. The minimum absolute atomic E-state index is 0.143. The summed E-state index contributed by atoms with van der Waals surface area (Å²) >= 11 is 9.69. The highest BCUT2D eigenvalue weighted by atomic mass is 79.9. The fourth-order valence-corrected chi connectivity index (χ4v) is 3.42. The molecule has 0 fully saturated rings. The number of hydrogen-bond donors (Lipinski definition) is 1. The van der Waals surface area contributed by atoms with Gasteiger partial charge in [0.15, 0.2) is 0 Å². The van der Waals surface area contributed by atoms with E-state index in [-0.39, 0.29) is 6.04 Å². The molecule has 2 aromatic carbocycles. The van der Waals surface area contributed by atoms with Gasteiger partial charge in [-0.1, -0.05) is 39.7 Å². The molecule has 0 bridgehead atoms. The zero-order chi connectivity index (χ0) is 14.9. The Kier molecular flexibility index (Phi) is 4.90. The minimum atomic E-state index is 0.143. The van der Waals surface area contributed by atoms with Gasteiger partial charge in [-0.3, -0.25) is 0 Å². The molecule has 1 nitrogen and oxygen atoms in total. The molecule has 0 aliphatic heterocycles. The van der Waals surface area contributed by atoms with E-state index in [1.54, 1.807) is 0 Å². The van der Waals surface area contributed by atoms with Crippen LogP contribution in [0, 0.1) is 20.8 Å². The van der Waals surface area contributed by atoms with Crippen LogP contribution in [0.4, 0.5) is 0 Å². The van der Waals surface area contributed by atoms with E-state index >= 15 is 0 Å². The molecule has 20 heavy (non-hydrogen) atoms. The van der Waals surface area contributed by atoms with Gasteiger partial charge >= 0.3 is 0 Å². The Bertz CT molecular complexity index is 617. The number of hydrogen-bond acceptors (Lipinski definition) is 1. The molecule has 2 aromatic rings. The van der Waals surface area contributed by atoms with Crippen LogP contribution < -0.4 is 5.32 Å². The third kappa shape index (κ3) is 3.25. The van der Waals surface area contributed by atoms with Gasteiger partial charge in [-0.25, -0.2) is 0 Å². The van der Waals surface area contributed by atoms with Gasteiger partial charge in [0.1, 0.15) is 0 Å². The van der Waals surface area contributed by atoms with E-state index in [0.717, 1.165) is 9.50 Å². The maximum absolute atomic E-state index is 6.18. The van der Waals surface area contributed by atoms with Gasteiger partial charge in [0.25, 0.3) is 0 Å². The third-order valence-electron chi connectivity index (χ3n) is 3.70. The molecule has 0 heterocycles. The molecule has 2 rings (SSSR count). The molecular formula is C17H19BrClN. The molecule has 0 aliphatic carbocycles. The van der Waals surface area contributed by atoms with Crippen LogP contribution in [-0.2, 0) is 0 Å². The average molecular weight is 353 g/mol. The van der Waals surface area contributed by atoms with Crippen LogP contribution in [0.2, 0.25) is 5.02 Å². The van der Waals surface area contributed by atoms with E-state index in [9.17, 15) is 0 Å². The summed E-state index contributed by atoms with van der Waals surface area (Å²) in [5, 5.41) is 4.14. The molecule has 0 saturated heterocycles. The smallest absolute Gasteiger partial charge is 0.0577 e. The van der Waals surface area contributed by atoms with Crippen molar-refractivity contribution >= 4 is 27.5 Å². The van der Waals surface area contributed by atoms with Gasteiger partial charge in [-0.2, -0.15) is 0 Å². The van der Waals surface area contributed by atoms with Crippen LogP contribution in [0.1, 0.15) is 33.9 Å². The van der Waals surface area contributed by atoms with Gasteiger partial charge in [-0.15, -0.1) is 0 Å². The van der Waals surface area contributed by atoms with Crippen molar-refractivity contribution in [3.63, 3.8) is 0 Å². The number of nitrogens with one attached hydrogen (secondary N) is 1. The van der Waals surface area contributed by atoms with Crippen molar-refractivity contribution in [3.8, 4) is 0 Å². The summed E-state index contributed by atoms with van der Waals surface area (Å²) in [5.74, 6) is 0. The van der Waals surface area contributed by atoms with E-state index in [0.29, 0.717) is 0 Å². The van der Waals surface area contributed by atoms with Crippen molar-refractivity contribution in [1.82, 2.24) is 5.32 Å². The number of benzene rings is 2. The molecule has 1 atom stereocenters. The Hall–Kier alpha value is -0.830. The standard InChI is InChI=1S/C17H19BrClN/c1-10-5-12(3)16(6-11(10)2)17(20-4)13-7-14(18)9-15(19)8-13/h5-9,17,20H,1-4H3. The second-order valence-corrected chi connectivity index (χ2v) is 6.57. The van der Waals surface area contributed by atoms with E-state index < -0.39 is 0 Å². The van der Waals surface area contributed by atoms with Crippen LogP contribution in [0.5, 0.6) is 0 Å². The van der Waals surface area contributed by atoms with Crippen molar-refractivity contribution in [1.29, 1.82) is 0 Å². The summed E-state index contributed by atoms with van der Waals surface area (Å²) in [6.45, 7) is 6.46. The summed E-state index contributed by atoms with van der Waals surface area (Å²) in [7, 11) is 1.98. The van der Waals surface area contributed by atoms with Gasteiger partial charge in [0.2, 0.25) is 0 Å². The summed E-state index contributed by atoms with van der Waals surface area (Å²) in [6, 6.07) is 10.7. The largest absolute Gasteiger partial charge is 0.309 e. The van der Waals surface area contributed by atoms with Crippen molar-refractivity contribution in [2.24, 2.45) is 0 Å². The first-order chi connectivity index (χ1) is 9.42. The van der Waals surface area contributed by atoms with Crippen LogP contribution in [-0.4, -0.2) is 7.05 Å². The summed E-state index contributed by atoms with van der Waals surface area (Å²) in [6.07, 6.45) is 0. The Labute approximate surface area is 134 Å². The molecule has 1 unspecified atom stereocenters. The Balaban J connectivity index is 2.55. The topological polar surface area (TPSA) is 12.0 Å². The first kappa shape index (κ1) is 15.6. The van der Waals surface area contributed by atoms with Gasteiger partial charge < -0.3 is 5.32 Å². The lowest BCUT2D eigenvalue weighted by atomic mass is 9.92. The predicted molar refractivity (Wildman–Crippen MR) is 90.7 cm³/mol. The van der Waals surface area contributed by atoms with Crippen molar-refractivity contribution in [2.75, 3.05) is 7.05 Å². The van der Waals surface area contributed by atoms with Crippen molar-refractivity contribution in [2.45, 2.75) is 26.8 Å². The van der Waals surface area contributed by atoms with E-state index in [2.05, 4.69) is 60.2 Å². The molecule has 0 aromatic heterocycles. The summed E-state index contributed by atoms with van der Waals surface area (Å²) in [5.41, 5.74) is 6.40. The number of aryl methyl sites for hydroxylation is 3. The fourth-order valence-electron chi connectivity index (χ4n) is 2.54. The second-order valence-electron chi connectivity index (χ2n) is 5.22. The maximum Gasteiger partial charge on any atom is 0.0577 e. The number of halogens is 2. The SMILES string of the molecule is CNC(c1cc(Cl)cc(Br)c1)c1cc(C)c(C)cc1C. The lowest BCUT2D eigenvalue weighted by Crippen LogP contribution is -2.19. The van der Waals surface area contributed by atoms with Gasteiger partial charge in [0, 0.05) is 9.50 Å². The lowest BCUT2D eigenvalue weighted by Gasteiger charge is -2.21. The highest BCUT2D eigenvalue weighted by Gasteiger charge is 2.16. The van der Waals surface area contributed by atoms with E-state index in [1.807, 2.05) is 19.2 Å². The van der Waals surface area contributed by atoms with E-state index in [1.165, 1.54) is 27.8 Å². The molecule has 0 spiro atoms. The normalized spacial score (nSPS) is 12.5. The third-order valence-corrected chi connectivity index (χ3v) is 4.38. The Morgan fingerprint density at radius 1 is 0.950 bits per heavy atom. The van der Waals surface area contributed by atoms with Crippen molar-refractivity contribution < 1.29 is 0 Å². The van der Waals surface area contributed by atoms with Crippen LogP contribution in [0.15, 0.2) is 34.8 Å². The molecule has 106 valence electrons. The first-order valence-electron chi connectivity index (χ1n) is 6.63. The van der Waals surface area contributed by atoms with E-state index in [4.69, 9.17) is 11.6 Å². The zero-order valence-corrected chi connectivity index (χ0v) is 14.6. The second kappa shape index (κ2) is 6.30. The molecule has 0 radical (unpaired) electrons. The summed E-state index contributed by atoms with van der Waals surface area (Å²) in [4.78, 5) is 0. The molecule has 1 N–H and O–H groups in total. The molecule has 0 amide bonds. The fraction of sp³-hybridized carbons (Fsp3) is 0.294. The molecule has 0 aliphatic rings. The van der Waals surface area contributed by atoms with Crippen LogP contribution in [0.3, 0.4) is 0 Å². The maximum atomic E-state index is 6.18.